The van der Waals surface area contributed by atoms with Crippen LogP contribution in [0.15, 0.2) is 48.6 Å². The third-order valence-corrected chi connectivity index (χ3v) is 9.57. The molecule has 0 fully saturated rings. The minimum Gasteiger partial charge on any atom is -0.462 e. The van der Waals surface area contributed by atoms with Gasteiger partial charge in [-0.3, -0.25) is 14.4 Å². The van der Waals surface area contributed by atoms with Gasteiger partial charge in [-0.25, -0.2) is 0 Å². The molecule has 0 saturated heterocycles. The summed E-state index contributed by atoms with van der Waals surface area (Å²) in [5, 5.41) is 0. The summed E-state index contributed by atoms with van der Waals surface area (Å²) in [5.74, 6) is -0.910. The van der Waals surface area contributed by atoms with E-state index in [0.29, 0.717) is 19.3 Å². The topological polar surface area (TPSA) is 78.9 Å². The molecule has 0 heterocycles. The van der Waals surface area contributed by atoms with Gasteiger partial charge >= 0.3 is 17.9 Å². The highest BCUT2D eigenvalue weighted by Crippen LogP contribution is 2.13. The molecule has 0 amide bonds. The third-order valence-electron chi connectivity index (χ3n) is 9.57. The molecule has 6 heteroatoms. The van der Waals surface area contributed by atoms with Gasteiger partial charge in [0, 0.05) is 19.3 Å². The van der Waals surface area contributed by atoms with Crippen molar-refractivity contribution < 1.29 is 28.6 Å². The minimum atomic E-state index is -0.775. The highest BCUT2D eigenvalue weighted by molar-refractivity contribution is 5.71. The van der Waals surface area contributed by atoms with Crippen molar-refractivity contribution in [1.82, 2.24) is 0 Å². The average molecular weight is 757 g/mol. The fourth-order valence-corrected chi connectivity index (χ4v) is 6.16. The van der Waals surface area contributed by atoms with Crippen LogP contribution < -0.4 is 0 Å². The average Bonchev–Trinajstić information content (AvgIpc) is 3.17. The van der Waals surface area contributed by atoms with E-state index in [2.05, 4.69) is 69.4 Å². The Kier molecular flexibility index (Phi) is 41.0. The van der Waals surface area contributed by atoms with E-state index in [1.54, 1.807) is 0 Å². The van der Waals surface area contributed by atoms with Crippen LogP contribution in [-0.4, -0.2) is 37.2 Å². The SMILES string of the molecule is CC/C=C\C/C=C\C/C=C\CCCCCCCCCC(=O)OCC(COC(=O)CCCCCCCC)OC(=O)CCCCCCC/C=C\CCCCCC. The Balaban J connectivity index is 4.28. The summed E-state index contributed by atoms with van der Waals surface area (Å²) < 4.78 is 16.6. The van der Waals surface area contributed by atoms with Crippen molar-refractivity contribution in [3.63, 3.8) is 0 Å². The van der Waals surface area contributed by atoms with Crippen LogP contribution >= 0.6 is 0 Å². The van der Waals surface area contributed by atoms with Gasteiger partial charge in [0.05, 0.1) is 0 Å². The summed E-state index contributed by atoms with van der Waals surface area (Å²) in [7, 11) is 0. The molecule has 1 unspecified atom stereocenters. The number of unbranched alkanes of at least 4 members (excludes halogenated alkanes) is 21. The van der Waals surface area contributed by atoms with E-state index in [0.717, 1.165) is 96.3 Å². The molecule has 0 aliphatic rings. The van der Waals surface area contributed by atoms with Crippen molar-refractivity contribution in [2.75, 3.05) is 13.2 Å². The summed E-state index contributed by atoms with van der Waals surface area (Å²) in [6.07, 6.45) is 49.7. The maximum absolute atomic E-state index is 12.7. The van der Waals surface area contributed by atoms with Crippen molar-refractivity contribution in [3.8, 4) is 0 Å². The molecule has 0 spiro atoms. The molecule has 54 heavy (non-hydrogen) atoms. The maximum Gasteiger partial charge on any atom is 0.306 e. The fourth-order valence-electron chi connectivity index (χ4n) is 6.16. The minimum absolute atomic E-state index is 0.0798. The number of ether oxygens (including phenoxy) is 3. The zero-order valence-electron chi connectivity index (χ0n) is 35.5. The van der Waals surface area contributed by atoms with Gasteiger partial charge in [-0.1, -0.05) is 172 Å². The summed E-state index contributed by atoms with van der Waals surface area (Å²) in [4.78, 5) is 37.5. The molecule has 0 N–H and O–H groups in total. The molecule has 0 aromatic heterocycles. The summed E-state index contributed by atoms with van der Waals surface area (Å²) >= 11 is 0. The van der Waals surface area contributed by atoms with Gasteiger partial charge in [0.25, 0.3) is 0 Å². The van der Waals surface area contributed by atoms with Gasteiger partial charge in [-0.15, -0.1) is 0 Å². The van der Waals surface area contributed by atoms with Gasteiger partial charge in [0.1, 0.15) is 13.2 Å². The van der Waals surface area contributed by atoms with Gasteiger partial charge in [-0.2, -0.15) is 0 Å². The molecular formula is C48H84O6. The van der Waals surface area contributed by atoms with Crippen molar-refractivity contribution in [2.45, 2.75) is 226 Å². The van der Waals surface area contributed by atoms with Crippen LogP contribution in [0.2, 0.25) is 0 Å². The van der Waals surface area contributed by atoms with Crippen LogP contribution in [0.1, 0.15) is 220 Å². The lowest BCUT2D eigenvalue weighted by Gasteiger charge is -2.18. The second kappa shape index (κ2) is 43.1. The molecule has 0 rings (SSSR count). The molecule has 0 aromatic carbocycles. The molecule has 0 aliphatic heterocycles. The van der Waals surface area contributed by atoms with Crippen molar-refractivity contribution in [2.24, 2.45) is 0 Å². The number of allylic oxidation sites excluding steroid dienone is 8. The molecular weight excluding hydrogens is 673 g/mol. The van der Waals surface area contributed by atoms with E-state index in [1.807, 2.05) is 0 Å². The Morgan fingerprint density at radius 1 is 0.389 bits per heavy atom. The van der Waals surface area contributed by atoms with Gasteiger partial charge in [-0.05, 0) is 77.0 Å². The van der Waals surface area contributed by atoms with E-state index in [-0.39, 0.29) is 31.1 Å². The first-order valence-electron chi connectivity index (χ1n) is 22.6. The maximum atomic E-state index is 12.7. The normalized spacial score (nSPS) is 12.4. The number of carbonyl (C=O) groups excluding carboxylic acids is 3. The Hall–Kier alpha value is -2.63. The van der Waals surface area contributed by atoms with E-state index >= 15 is 0 Å². The lowest BCUT2D eigenvalue weighted by atomic mass is 10.1. The summed E-state index contributed by atoms with van der Waals surface area (Å²) in [6, 6.07) is 0. The molecule has 0 aromatic rings. The number of hydrogen-bond donors (Lipinski definition) is 0. The van der Waals surface area contributed by atoms with E-state index < -0.39 is 6.10 Å². The van der Waals surface area contributed by atoms with Crippen LogP contribution in [0.5, 0.6) is 0 Å². The largest absolute Gasteiger partial charge is 0.462 e. The molecule has 6 nitrogen and oxygen atoms in total. The number of carbonyl (C=O) groups is 3. The highest BCUT2D eigenvalue weighted by Gasteiger charge is 2.19. The lowest BCUT2D eigenvalue weighted by Crippen LogP contribution is -2.30. The summed E-state index contributed by atoms with van der Waals surface area (Å²) in [5.41, 5.74) is 0. The van der Waals surface area contributed by atoms with Crippen molar-refractivity contribution in [1.29, 1.82) is 0 Å². The third kappa shape index (κ3) is 40.6. The van der Waals surface area contributed by atoms with Crippen molar-refractivity contribution in [3.05, 3.63) is 48.6 Å². The first-order chi connectivity index (χ1) is 26.5. The van der Waals surface area contributed by atoms with Gasteiger partial charge in [0.15, 0.2) is 6.10 Å². The van der Waals surface area contributed by atoms with Crippen LogP contribution in [0.4, 0.5) is 0 Å². The summed E-state index contributed by atoms with van der Waals surface area (Å²) in [6.45, 7) is 6.43. The Morgan fingerprint density at radius 2 is 0.722 bits per heavy atom. The van der Waals surface area contributed by atoms with Crippen molar-refractivity contribution >= 4 is 17.9 Å². The fraction of sp³-hybridized carbons (Fsp3) is 0.771. The number of rotatable bonds is 40. The standard InChI is InChI=1S/C48H84O6/c1-4-7-10-13-16-18-20-22-23-24-25-27-28-30-32-35-38-41-47(50)53-44-45(43-52-46(49)40-37-34-15-12-9-6-3)54-48(51)42-39-36-33-31-29-26-21-19-17-14-11-8-5-2/h7,10,16,18-19,21-23,45H,4-6,8-9,11-15,17,20,24-44H2,1-3H3/b10-7-,18-16-,21-19-,23-22-. The second-order valence-corrected chi connectivity index (χ2v) is 14.9. The highest BCUT2D eigenvalue weighted by atomic mass is 16.6. The second-order valence-electron chi connectivity index (χ2n) is 14.9. The number of esters is 3. The van der Waals surface area contributed by atoms with E-state index in [9.17, 15) is 14.4 Å². The predicted octanol–water partition coefficient (Wildman–Crippen LogP) is 14.4. The molecule has 1 atom stereocenters. The molecule has 0 saturated carbocycles. The lowest BCUT2D eigenvalue weighted by molar-refractivity contribution is -0.167. The molecule has 0 bridgehead atoms. The Bertz CT molecular complexity index is 964. The monoisotopic (exact) mass is 757 g/mol. The van der Waals surface area contributed by atoms with Crippen LogP contribution in [-0.2, 0) is 28.6 Å². The van der Waals surface area contributed by atoms with Crippen LogP contribution in [0.25, 0.3) is 0 Å². The molecule has 312 valence electrons. The van der Waals surface area contributed by atoms with Gasteiger partial charge < -0.3 is 14.2 Å². The Labute approximate surface area is 333 Å². The molecule has 0 aliphatic carbocycles. The van der Waals surface area contributed by atoms with Crippen LogP contribution in [0, 0.1) is 0 Å². The molecule has 0 radical (unpaired) electrons. The first-order valence-corrected chi connectivity index (χ1v) is 22.6. The smallest absolute Gasteiger partial charge is 0.306 e. The zero-order chi connectivity index (χ0) is 39.4. The van der Waals surface area contributed by atoms with E-state index in [4.69, 9.17) is 14.2 Å². The number of hydrogen-bond acceptors (Lipinski definition) is 6. The zero-order valence-corrected chi connectivity index (χ0v) is 35.5. The van der Waals surface area contributed by atoms with Gasteiger partial charge in [0.2, 0.25) is 0 Å². The Morgan fingerprint density at radius 3 is 1.17 bits per heavy atom. The van der Waals surface area contributed by atoms with E-state index in [1.165, 1.54) is 83.5 Å². The quantitative estimate of drug-likeness (QED) is 0.0268. The first kappa shape index (κ1) is 51.4. The van der Waals surface area contributed by atoms with Crippen LogP contribution in [0.3, 0.4) is 0 Å². The predicted molar refractivity (Wildman–Crippen MR) is 229 cm³/mol.